The standard InChI is InChI=1S/C15H19NO4/c1-4-18-10(2)20-14-9-11(12-6-5-7-19-12)8-13(17-3)15(14)16/h5-10H,4,16H2,1-3H3. The van der Waals surface area contributed by atoms with E-state index in [2.05, 4.69) is 0 Å². The Bertz CT molecular complexity index is 551. The monoisotopic (exact) mass is 277 g/mol. The minimum Gasteiger partial charge on any atom is -0.494 e. The maximum Gasteiger partial charge on any atom is 0.197 e. The third kappa shape index (κ3) is 3.05. The highest BCUT2D eigenvalue weighted by Crippen LogP contribution is 2.37. The van der Waals surface area contributed by atoms with Gasteiger partial charge in [0.1, 0.15) is 22.9 Å². The minimum absolute atomic E-state index is 0.390. The summed E-state index contributed by atoms with van der Waals surface area (Å²) in [5, 5.41) is 0. The molecule has 2 rings (SSSR count). The molecule has 2 aromatic rings. The molecule has 0 spiro atoms. The number of nitrogen functional groups attached to an aromatic ring is 1. The molecule has 2 N–H and O–H groups in total. The predicted molar refractivity (Wildman–Crippen MR) is 76.8 cm³/mol. The molecule has 5 nitrogen and oxygen atoms in total. The largest absolute Gasteiger partial charge is 0.494 e. The van der Waals surface area contributed by atoms with E-state index in [1.165, 1.54) is 0 Å². The van der Waals surface area contributed by atoms with Crippen molar-refractivity contribution in [3.05, 3.63) is 30.5 Å². The van der Waals surface area contributed by atoms with Gasteiger partial charge in [0, 0.05) is 12.2 Å². The van der Waals surface area contributed by atoms with Crippen molar-refractivity contribution in [2.45, 2.75) is 20.1 Å². The second kappa shape index (κ2) is 6.34. The van der Waals surface area contributed by atoms with Gasteiger partial charge in [-0.3, -0.25) is 0 Å². The van der Waals surface area contributed by atoms with Gasteiger partial charge < -0.3 is 24.4 Å². The predicted octanol–water partition coefficient (Wildman–Crippen LogP) is 3.30. The average molecular weight is 277 g/mol. The number of benzene rings is 1. The summed E-state index contributed by atoms with van der Waals surface area (Å²) in [5.41, 5.74) is 7.30. The molecule has 1 aromatic heterocycles. The van der Waals surface area contributed by atoms with Crippen molar-refractivity contribution in [1.82, 2.24) is 0 Å². The minimum atomic E-state index is -0.390. The van der Waals surface area contributed by atoms with E-state index in [1.54, 1.807) is 13.4 Å². The van der Waals surface area contributed by atoms with E-state index in [1.807, 2.05) is 38.1 Å². The van der Waals surface area contributed by atoms with Crippen molar-refractivity contribution < 1.29 is 18.6 Å². The fourth-order valence-electron chi connectivity index (χ4n) is 1.90. The molecule has 0 saturated carbocycles. The van der Waals surface area contributed by atoms with Crippen molar-refractivity contribution in [3.63, 3.8) is 0 Å². The highest BCUT2D eigenvalue weighted by atomic mass is 16.7. The number of furan rings is 1. The Kier molecular flexibility index (Phi) is 4.53. The molecule has 1 atom stereocenters. The zero-order valence-electron chi connectivity index (χ0n) is 11.9. The molecule has 0 aliphatic heterocycles. The number of ether oxygens (including phenoxy) is 3. The lowest BCUT2D eigenvalue weighted by atomic mass is 10.1. The van der Waals surface area contributed by atoms with Gasteiger partial charge in [0.25, 0.3) is 0 Å². The number of hydrogen-bond acceptors (Lipinski definition) is 5. The van der Waals surface area contributed by atoms with Crippen molar-refractivity contribution in [2.75, 3.05) is 19.5 Å². The van der Waals surface area contributed by atoms with Crippen molar-refractivity contribution in [2.24, 2.45) is 0 Å². The van der Waals surface area contributed by atoms with Gasteiger partial charge in [-0.15, -0.1) is 0 Å². The topological polar surface area (TPSA) is 66.8 Å². The Balaban J connectivity index is 2.37. The third-order valence-electron chi connectivity index (χ3n) is 2.82. The van der Waals surface area contributed by atoms with Gasteiger partial charge in [-0.25, -0.2) is 0 Å². The van der Waals surface area contributed by atoms with Crippen molar-refractivity contribution in [1.29, 1.82) is 0 Å². The zero-order chi connectivity index (χ0) is 14.5. The molecule has 0 amide bonds. The van der Waals surface area contributed by atoms with E-state index < -0.39 is 0 Å². The van der Waals surface area contributed by atoms with E-state index in [0.717, 1.165) is 11.3 Å². The number of anilines is 1. The SMILES string of the molecule is CCOC(C)Oc1cc(-c2ccco2)cc(OC)c1N. The number of nitrogens with two attached hydrogens (primary N) is 1. The highest BCUT2D eigenvalue weighted by Gasteiger charge is 2.14. The molecule has 0 aliphatic carbocycles. The highest BCUT2D eigenvalue weighted by molar-refractivity contribution is 5.73. The van der Waals surface area contributed by atoms with Crippen LogP contribution in [0, 0.1) is 0 Å². The summed E-state index contributed by atoms with van der Waals surface area (Å²) < 4.78 is 21.7. The van der Waals surface area contributed by atoms with Gasteiger partial charge in [0.05, 0.1) is 13.4 Å². The quantitative estimate of drug-likeness (QED) is 0.648. The molecule has 0 bridgehead atoms. The van der Waals surface area contributed by atoms with Crippen LogP contribution < -0.4 is 15.2 Å². The molecular weight excluding hydrogens is 258 g/mol. The van der Waals surface area contributed by atoms with Gasteiger partial charge in [-0.1, -0.05) is 0 Å². The van der Waals surface area contributed by atoms with Crippen LogP contribution in [0.2, 0.25) is 0 Å². The second-order valence-electron chi connectivity index (χ2n) is 4.21. The maximum atomic E-state index is 6.02. The van der Waals surface area contributed by atoms with Crippen LogP contribution in [0.15, 0.2) is 34.9 Å². The van der Waals surface area contributed by atoms with Crippen molar-refractivity contribution >= 4 is 5.69 Å². The Morgan fingerprint density at radius 2 is 2.05 bits per heavy atom. The Hall–Kier alpha value is -2.14. The molecule has 0 aliphatic rings. The first-order valence-corrected chi connectivity index (χ1v) is 6.45. The van der Waals surface area contributed by atoms with E-state index in [-0.39, 0.29) is 6.29 Å². The summed E-state index contributed by atoms with van der Waals surface area (Å²) in [6.07, 6.45) is 1.22. The number of hydrogen-bond donors (Lipinski definition) is 1. The van der Waals surface area contributed by atoms with E-state index in [9.17, 15) is 0 Å². The average Bonchev–Trinajstić information content (AvgIpc) is 2.95. The smallest absolute Gasteiger partial charge is 0.197 e. The molecule has 20 heavy (non-hydrogen) atoms. The van der Waals surface area contributed by atoms with E-state index in [0.29, 0.717) is 23.8 Å². The summed E-state index contributed by atoms with van der Waals surface area (Å²) in [4.78, 5) is 0. The summed E-state index contributed by atoms with van der Waals surface area (Å²) in [7, 11) is 1.56. The molecule has 1 unspecified atom stereocenters. The second-order valence-corrected chi connectivity index (χ2v) is 4.21. The molecular formula is C15H19NO4. The summed E-state index contributed by atoms with van der Waals surface area (Å²) in [6.45, 7) is 4.29. The molecule has 0 radical (unpaired) electrons. The van der Waals surface area contributed by atoms with Crippen LogP contribution >= 0.6 is 0 Å². The summed E-state index contributed by atoms with van der Waals surface area (Å²) in [6, 6.07) is 7.31. The molecule has 1 heterocycles. The molecule has 0 fully saturated rings. The maximum absolute atomic E-state index is 6.02. The molecule has 0 saturated heterocycles. The fourth-order valence-corrected chi connectivity index (χ4v) is 1.90. The molecule has 1 aromatic carbocycles. The zero-order valence-corrected chi connectivity index (χ0v) is 11.9. The van der Waals surface area contributed by atoms with Gasteiger partial charge in [0.15, 0.2) is 6.29 Å². The van der Waals surface area contributed by atoms with E-state index in [4.69, 9.17) is 24.4 Å². The normalized spacial score (nSPS) is 12.2. The third-order valence-corrected chi connectivity index (χ3v) is 2.82. The lowest BCUT2D eigenvalue weighted by Gasteiger charge is -2.18. The van der Waals surface area contributed by atoms with Gasteiger partial charge >= 0.3 is 0 Å². The van der Waals surface area contributed by atoms with Gasteiger partial charge in [0.2, 0.25) is 0 Å². The van der Waals surface area contributed by atoms with Crippen LogP contribution in [-0.2, 0) is 4.74 Å². The van der Waals surface area contributed by atoms with Crippen LogP contribution in [-0.4, -0.2) is 20.0 Å². The van der Waals surface area contributed by atoms with Gasteiger partial charge in [-0.05, 0) is 38.1 Å². The lowest BCUT2D eigenvalue weighted by molar-refractivity contribution is -0.0609. The van der Waals surface area contributed by atoms with Crippen LogP contribution in [0.4, 0.5) is 5.69 Å². The molecule has 5 heteroatoms. The molecule has 108 valence electrons. The first-order chi connectivity index (χ1) is 9.65. The Morgan fingerprint density at radius 3 is 2.65 bits per heavy atom. The van der Waals surface area contributed by atoms with Crippen LogP contribution in [0.1, 0.15) is 13.8 Å². The first kappa shape index (κ1) is 14.3. The van der Waals surface area contributed by atoms with E-state index >= 15 is 0 Å². The summed E-state index contributed by atoms with van der Waals surface area (Å²) >= 11 is 0. The first-order valence-electron chi connectivity index (χ1n) is 6.45. The van der Waals surface area contributed by atoms with Crippen LogP contribution in [0.5, 0.6) is 11.5 Å². The summed E-state index contributed by atoms with van der Waals surface area (Å²) in [5.74, 6) is 1.77. The van der Waals surface area contributed by atoms with Gasteiger partial charge in [-0.2, -0.15) is 0 Å². The fraction of sp³-hybridized carbons (Fsp3) is 0.333. The number of methoxy groups -OCH3 is 1. The lowest BCUT2D eigenvalue weighted by Crippen LogP contribution is -2.17. The van der Waals surface area contributed by atoms with Crippen LogP contribution in [0.3, 0.4) is 0 Å². The Labute approximate surface area is 118 Å². The van der Waals surface area contributed by atoms with Crippen LogP contribution in [0.25, 0.3) is 11.3 Å². The van der Waals surface area contributed by atoms with Crippen molar-refractivity contribution in [3.8, 4) is 22.8 Å². The number of rotatable bonds is 6. The Morgan fingerprint density at radius 1 is 1.30 bits per heavy atom.